The Labute approximate surface area is 117 Å². The van der Waals surface area contributed by atoms with E-state index in [-0.39, 0.29) is 5.41 Å². The van der Waals surface area contributed by atoms with Crippen LogP contribution in [0.15, 0.2) is 18.2 Å². The minimum absolute atomic E-state index is 0.162. The van der Waals surface area contributed by atoms with E-state index in [1.807, 2.05) is 6.92 Å². The molecule has 1 N–H and O–H groups in total. The van der Waals surface area contributed by atoms with Crippen LogP contribution >= 0.6 is 0 Å². The summed E-state index contributed by atoms with van der Waals surface area (Å²) in [5.41, 5.74) is 0.349. The van der Waals surface area contributed by atoms with Crippen molar-refractivity contribution >= 4 is 0 Å². The maximum Gasteiger partial charge on any atom is 0.416 e. The van der Waals surface area contributed by atoms with Gasteiger partial charge in [0.15, 0.2) is 0 Å². The third-order valence-corrected chi connectivity index (χ3v) is 4.78. The highest BCUT2D eigenvalue weighted by Crippen LogP contribution is 2.50. The van der Waals surface area contributed by atoms with Gasteiger partial charge in [0.25, 0.3) is 0 Å². The van der Waals surface area contributed by atoms with Gasteiger partial charge < -0.3 is 5.11 Å². The highest BCUT2D eigenvalue weighted by atomic mass is 19.4. The monoisotopic (exact) mass is 286 g/mol. The Hall–Kier alpha value is -1.03. The van der Waals surface area contributed by atoms with E-state index in [0.717, 1.165) is 44.2 Å². The van der Waals surface area contributed by atoms with E-state index in [1.165, 1.54) is 6.07 Å². The molecule has 1 saturated carbocycles. The van der Waals surface area contributed by atoms with Gasteiger partial charge in [-0.1, -0.05) is 25.8 Å². The molecule has 1 nitrogen and oxygen atoms in total. The number of halogens is 3. The molecule has 0 spiro atoms. The molecule has 1 atom stereocenters. The molecule has 0 aromatic heterocycles. The predicted octanol–water partition coefficient (Wildman–Crippen LogP) is 5.02. The first kappa shape index (κ1) is 15.4. The quantitative estimate of drug-likeness (QED) is 0.827. The number of hydrogen-bond acceptors (Lipinski definition) is 1. The van der Waals surface area contributed by atoms with Crippen LogP contribution in [0, 0.1) is 12.3 Å². The molecule has 0 radical (unpaired) electrons. The highest BCUT2D eigenvalue weighted by molar-refractivity contribution is 5.35. The summed E-state index contributed by atoms with van der Waals surface area (Å²) < 4.78 is 38.0. The van der Waals surface area contributed by atoms with Crippen molar-refractivity contribution in [3.63, 3.8) is 0 Å². The van der Waals surface area contributed by atoms with Crippen molar-refractivity contribution in [2.45, 2.75) is 58.2 Å². The van der Waals surface area contributed by atoms with E-state index >= 15 is 0 Å². The van der Waals surface area contributed by atoms with Crippen molar-refractivity contribution in [3.05, 3.63) is 34.9 Å². The summed E-state index contributed by atoms with van der Waals surface area (Å²) in [5, 5.41) is 10.7. The van der Waals surface area contributed by atoms with Gasteiger partial charge in [-0.25, -0.2) is 0 Å². The van der Waals surface area contributed by atoms with Crippen LogP contribution in [0.25, 0.3) is 0 Å². The van der Waals surface area contributed by atoms with E-state index in [1.54, 1.807) is 6.92 Å². The zero-order chi connectivity index (χ0) is 15.0. The topological polar surface area (TPSA) is 20.2 Å². The Morgan fingerprint density at radius 2 is 1.85 bits per heavy atom. The van der Waals surface area contributed by atoms with Gasteiger partial charge in [0.05, 0.1) is 11.7 Å². The van der Waals surface area contributed by atoms with Crippen LogP contribution in [-0.2, 0) is 6.18 Å². The first-order valence-electron chi connectivity index (χ1n) is 7.16. The molecule has 0 amide bonds. The Kier molecular flexibility index (Phi) is 4.14. The van der Waals surface area contributed by atoms with E-state index in [0.29, 0.717) is 11.1 Å². The number of benzene rings is 1. The van der Waals surface area contributed by atoms with Crippen LogP contribution in [0.3, 0.4) is 0 Å². The van der Waals surface area contributed by atoms with E-state index in [4.69, 9.17) is 0 Å². The summed E-state index contributed by atoms with van der Waals surface area (Å²) >= 11 is 0. The van der Waals surface area contributed by atoms with Crippen molar-refractivity contribution in [2.24, 2.45) is 5.41 Å². The number of aliphatic hydroxyl groups excluding tert-OH is 1. The summed E-state index contributed by atoms with van der Waals surface area (Å²) in [6.07, 6.45) is -0.0679. The van der Waals surface area contributed by atoms with Gasteiger partial charge >= 0.3 is 6.18 Å². The Morgan fingerprint density at radius 1 is 1.25 bits per heavy atom. The molecule has 1 unspecified atom stereocenters. The van der Waals surface area contributed by atoms with Crippen LogP contribution in [0.1, 0.15) is 61.8 Å². The summed E-state index contributed by atoms with van der Waals surface area (Å²) in [6, 6.07) is 3.65. The smallest absolute Gasteiger partial charge is 0.388 e. The second kappa shape index (κ2) is 5.40. The molecule has 1 aliphatic rings. The van der Waals surface area contributed by atoms with Crippen LogP contribution < -0.4 is 0 Å². The van der Waals surface area contributed by atoms with Crippen LogP contribution in [0.5, 0.6) is 0 Å². The van der Waals surface area contributed by atoms with Crippen LogP contribution in [0.4, 0.5) is 13.2 Å². The maximum absolute atomic E-state index is 12.7. The molecular formula is C16H21F3O. The average molecular weight is 286 g/mol. The Bertz CT molecular complexity index is 473. The SMILES string of the molecule is CCC1(C(O)c2ccc(C(F)(F)F)cc2C)CCCC1. The fraction of sp³-hybridized carbons (Fsp3) is 0.625. The van der Waals surface area contributed by atoms with Gasteiger partial charge in [0, 0.05) is 5.41 Å². The van der Waals surface area contributed by atoms with E-state index < -0.39 is 17.8 Å². The summed E-state index contributed by atoms with van der Waals surface area (Å²) in [5.74, 6) is 0. The Balaban J connectivity index is 2.33. The molecule has 2 rings (SSSR count). The first-order chi connectivity index (χ1) is 9.30. The van der Waals surface area contributed by atoms with Crippen LogP contribution in [-0.4, -0.2) is 5.11 Å². The third-order valence-electron chi connectivity index (χ3n) is 4.78. The molecule has 112 valence electrons. The van der Waals surface area contributed by atoms with Crippen molar-refractivity contribution in [1.29, 1.82) is 0 Å². The number of alkyl halides is 3. The average Bonchev–Trinajstić information content (AvgIpc) is 2.86. The summed E-state index contributed by atoms with van der Waals surface area (Å²) in [4.78, 5) is 0. The lowest BCUT2D eigenvalue weighted by atomic mass is 9.74. The van der Waals surface area contributed by atoms with Crippen molar-refractivity contribution in [2.75, 3.05) is 0 Å². The lowest BCUT2D eigenvalue weighted by molar-refractivity contribution is -0.137. The number of aliphatic hydroxyl groups is 1. The molecule has 0 saturated heterocycles. The standard InChI is InChI=1S/C16H21F3O/c1-3-15(8-4-5-9-15)14(20)13-7-6-12(10-11(13)2)16(17,18)19/h6-7,10,14,20H,3-5,8-9H2,1-2H3. The van der Waals surface area contributed by atoms with Crippen molar-refractivity contribution in [3.8, 4) is 0 Å². The van der Waals surface area contributed by atoms with Gasteiger partial charge in [-0.2, -0.15) is 13.2 Å². The van der Waals surface area contributed by atoms with E-state index in [9.17, 15) is 18.3 Å². The fourth-order valence-electron chi connectivity index (χ4n) is 3.39. The van der Waals surface area contributed by atoms with Gasteiger partial charge in [-0.05, 0) is 49.4 Å². The molecule has 4 heteroatoms. The van der Waals surface area contributed by atoms with Crippen molar-refractivity contribution in [1.82, 2.24) is 0 Å². The second-order valence-corrected chi connectivity index (χ2v) is 5.89. The minimum atomic E-state index is -4.33. The molecule has 0 aliphatic heterocycles. The van der Waals surface area contributed by atoms with Gasteiger partial charge in [-0.3, -0.25) is 0 Å². The maximum atomic E-state index is 12.7. The molecular weight excluding hydrogens is 265 g/mol. The largest absolute Gasteiger partial charge is 0.416 e. The zero-order valence-corrected chi connectivity index (χ0v) is 11.9. The predicted molar refractivity (Wildman–Crippen MR) is 72.3 cm³/mol. The van der Waals surface area contributed by atoms with Gasteiger partial charge in [0.1, 0.15) is 0 Å². The van der Waals surface area contributed by atoms with Crippen molar-refractivity contribution < 1.29 is 18.3 Å². The zero-order valence-electron chi connectivity index (χ0n) is 11.9. The lowest BCUT2D eigenvalue weighted by Gasteiger charge is -2.34. The van der Waals surface area contributed by atoms with Gasteiger partial charge in [0.2, 0.25) is 0 Å². The number of rotatable bonds is 3. The molecule has 1 fully saturated rings. The molecule has 0 bridgehead atoms. The van der Waals surface area contributed by atoms with Crippen LogP contribution in [0.2, 0.25) is 0 Å². The first-order valence-corrected chi connectivity index (χ1v) is 7.16. The minimum Gasteiger partial charge on any atom is -0.388 e. The van der Waals surface area contributed by atoms with E-state index in [2.05, 4.69) is 0 Å². The normalized spacial score (nSPS) is 20.1. The number of aryl methyl sites for hydroxylation is 1. The molecule has 0 heterocycles. The molecule has 1 aliphatic carbocycles. The molecule has 1 aromatic rings. The second-order valence-electron chi connectivity index (χ2n) is 5.89. The third kappa shape index (κ3) is 2.71. The van der Waals surface area contributed by atoms with Gasteiger partial charge in [-0.15, -0.1) is 0 Å². The molecule has 1 aromatic carbocycles. The lowest BCUT2D eigenvalue weighted by Crippen LogP contribution is -2.25. The highest BCUT2D eigenvalue weighted by Gasteiger charge is 2.40. The molecule has 20 heavy (non-hydrogen) atoms. The Morgan fingerprint density at radius 3 is 2.30 bits per heavy atom. The number of hydrogen-bond donors (Lipinski definition) is 1. The summed E-state index contributed by atoms with van der Waals surface area (Å²) in [7, 11) is 0. The summed E-state index contributed by atoms with van der Waals surface area (Å²) in [6.45, 7) is 3.69. The fourth-order valence-corrected chi connectivity index (χ4v) is 3.39.